The Bertz CT molecular complexity index is 470. The van der Waals surface area contributed by atoms with Crippen molar-refractivity contribution in [3.8, 4) is 0 Å². The molecule has 2 rings (SSSR count). The van der Waals surface area contributed by atoms with Gasteiger partial charge in [-0.2, -0.15) is 0 Å². The van der Waals surface area contributed by atoms with E-state index in [4.69, 9.17) is 0 Å². The van der Waals surface area contributed by atoms with E-state index in [1.54, 1.807) is 30.5 Å². The number of benzene rings is 1. The van der Waals surface area contributed by atoms with Gasteiger partial charge in [0.15, 0.2) is 0 Å². The van der Waals surface area contributed by atoms with E-state index >= 15 is 0 Å². The molecule has 0 N–H and O–H groups in total. The minimum Gasteiger partial charge on any atom is -0.258 e. The van der Waals surface area contributed by atoms with Crippen molar-refractivity contribution in [3.63, 3.8) is 0 Å². The Morgan fingerprint density at radius 1 is 1.05 bits per heavy atom. The molecule has 0 amide bonds. The number of hydrogen-bond donors (Lipinski definition) is 0. The summed E-state index contributed by atoms with van der Waals surface area (Å²) >= 11 is 2.15. The molecule has 1 aromatic carbocycles. The van der Waals surface area contributed by atoms with Crippen molar-refractivity contribution in [3.05, 3.63) is 46.6 Å². The molecule has 0 saturated heterocycles. The van der Waals surface area contributed by atoms with E-state index in [2.05, 4.69) is 27.6 Å². The molecule has 0 unspecified atom stereocenters. The Morgan fingerprint density at radius 3 is 2.11 bits per heavy atom. The number of fused-ring (bicyclic) bond motifs is 1. The largest absolute Gasteiger partial charge is 0.295 e. The first-order chi connectivity index (χ1) is 9.29. The van der Waals surface area contributed by atoms with Crippen LogP contribution in [0.1, 0.15) is 27.7 Å². The molecular weight excluding hydrogens is 355 g/mol. The van der Waals surface area contributed by atoms with Gasteiger partial charge in [0.1, 0.15) is 5.52 Å². The number of hydrogen-bond acceptors (Lipinski definition) is 3. The zero-order valence-corrected chi connectivity index (χ0v) is 14.2. The third-order valence-electron chi connectivity index (χ3n) is 1.81. The van der Waals surface area contributed by atoms with Crippen molar-refractivity contribution in [1.82, 2.24) is 4.98 Å². The SMILES string of the molecule is CC.CC.CI.O=[N+]([O-])c1cccc2cccnc12. The molecule has 0 aliphatic carbocycles. The molecule has 4 nitrogen and oxygen atoms in total. The number of nitro groups is 1. The summed E-state index contributed by atoms with van der Waals surface area (Å²) in [4.78, 5) is 16.1. The smallest absolute Gasteiger partial charge is 0.258 e. The third kappa shape index (κ3) is 6.47. The van der Waals surface area contributed by atoms with Gasteiger partial charge in [-0.05, 0) is 11.0 Å². The molecule has 0 fully saturated rings. The highest BCUT2D eigenvalue weighted by atomic mass is 127. The molecule has 0 aliphatic heterocycles. The van der Waals surface area contributed by atoms with Gasteiger partial charge in [0.25, 0.3) is 5.69 Å². The highest BCUT2D eigenvalue weighted by molar-refractivity contribution is 14.1. The summed E-state index contributed by atoms with van der Waals surface area (Å²) in [7, 11) is 0. The van der Waals surface area contributed by atoms with E-state index in [1.165, 1.54) is 6.07 Å². The van der Waals surface area contributed by atoms with Gasteiger partial charge < -0.3 is 0 Å². The Morgan fingerprint density at radius 2 is 1.58 bits per heavy atom. The molecule has 0 aliphatic rings. The van der Waals surface area contributed by atoms with Crippen LogP contribution < -0.4 is 0 Å². The van der Waals surface area contributed by atoms with Crippen molar-refractivity contribution in [2.24, 2.45) is 0 Å². The fraction of sp³-hybridized carbons (Fsp3) is 0.357. The molecule has 0 atom stereocenters. The van der Waals surface area contributed by atoms with E-state index in [-0.39, 0.29) is 5.69 Å². The number of pyridine rings is 1. The number of nitrogens with zero attached hydrogens (tertiary/aromatic N) is 2. The molecule has 1 heterocycles. The standard InChI is InChI=1S/C9H6N2O2.2C2H6.CH3I/c12-11(13)8-5-1-3-7-4-2-6-10-9(7)8;3*1-2/h1-6H;2*1-2H3;1H3. The van der Waals surface area contributed by atoms with Gasteiger partial charge in [-0.3, -0.25) is 10.1 Å². The van der Waals surface area contributed by atoms with Gasteiger partial charge in [0.05, 0.1) is 4.92 Å². The lowest BCUT2D eigenvalue weighted by atomic mass is 10.2. The average molecular weight is 376 g/mol. The molecule has 1 aromatic heterocycles. The zero-order chi connectivity index (χ0) is 15.3. The van der Waals surface area contributed by atoms with E-state index in [1.807, 2.05) is 32.6 Å². The van der Waals surface area contributed by atoms with Crippen LogP contribution >= 0.6 is 22.6 Å². The lowest BCUT2D eigenvalue weighted by Crippen LogP contribution is -1.90. The highest BCUT2D eigenvalue weighted by Gasteiger charge is 2.10. The van der Waals surface area contributed by atoms with E-state index in [0.29, 0.717) is 5.52 Å². The Hall–Kier alpha value is -1.24. The zero-order valence-electron chi connectivity index (χ0n) is 12.1. The summed E-state index contributed by atoms with van der Waals surface area (Å²) in [6.07, 6.45) is 1.55. The minimum absolute atomic E-state index is 0.0538. The molecule has 0 saturated carbocycles. The number of alkyl halides is 1. The summed E-state index contributed by atoms with van der Waals surface area (Å²) in [5.74, 6) is 0. The number of nitro benzene ring substituents is 1. The molecular formula is C14H21IN2O2. The highest BCUT2D eigenvalue weighted by Crippen LogP contribution is 2.21. The number of aromatic nitrogens is 1. The Labute approximate surface area is 128 Å². The molecule has 2 aromatic rings. The molecule has 106 valence electrons. The molecule has 0 bridgehead atoms. The molecule has 0 spiro atoms. The van der Waals surface area contributed by atoms with Crippen LogP contribution in [0.4, 0.5) is 5.69 Å². The van der Waals surface area contributed by atoms with Crippen molar-refractivity contribution in [1.29, 1.82) is 0 Å². The van der Waals surface area contributed by atoms with E-state index < -0.39 is 4.92 Å². The van der Waals surface area contributed by atoms with Gasteiger partial charge in [-0.1, -0.05) is 68.5 Å². The number of halogens is 1. The first-order valence-corrected chi connectivity index (χ1v) is 8.31. The topological polar surface area (TPSA) is 56.0 Å². The van der Waals surface area contributed by atoms with Crippen molar-refractivity contribution in [2.45, 2.75) is 27.7 Å². The van der Waals surface area contributed by atoms with Gasteiger partial charge in [-0.25, -0.2) is 4.98 Å². The fourth-order valence-corrected chi connectivity index (χ4v) is 1.24. The maximum atomic E-state index is 10.6. The van der Waals surface area contributed by atoms with Gasteiger partial charge in [0.2, 0.25) is 0 Å². The minimum atomic E-state index is -0.421. The maximum Gasteiger partial charge on any atom is 0.295 e. The van der Waals surface area contributed by atoms with Gasteiger partial charge in [0, 0.05) is 17.6 Å². The summed E-state index contributed by atoms with van der Waals surface area (Å²) in [5.41, 5.74) is 0.494. The predicted octanol–water partition coefficient (Wildman–Crippen LogP) is 5.25. The van der Waals surface area contributed by atoms with Gasteiger partial charge >= 0.3 is 0 Å². The summed E-state index contributed by atoms with van der Waals surface area (Å²) in [5, 5.41) is 11.4. The number of para-hydroxylation sites is 1. The first kappa shape index (κ1) is 20.1. The molecule has 19 heavy (non-hydrogen) atoms. The van der Waals surface area contributed by atoms with Crippen LogP contribution in [0.3, 0.4) is 0 Å². The Kier molecular flexibility index (Phi) is 14.0. The normalized spacial score (nSPS) is 7.89. The lowest BCUT2D eigenvalue weighted by Gasteiger charge is -1.96. The van der Waals surface area contributed by atoms with Crippen LogP contribution in [0.5, 0.6) is 0 Å². The second-order valence-electron chi connectivity index (χ2n) is 2.61. The lowest BCUT2D eigenvalue weighted by molar-refractivity contribution is -0.383. The summed E-state index contributed by atoms with van der Waals surface area (Å²) in [6, 6.07) is 8.47. The third-order valence-corrected chi connectivity index (χ3v) is 1.81. The van der Waals surface area contributed by atoms with Crippen LogP contribution in [-0.4, -0.2) is 14.8 Å². The summed E-state index contributed by atoms with van der Waals surface area (Å²) < 4.78 is 0. The maximum absolute atomic E-state index is 10.6. The predicted molar refractivity (Wildman–Crippen MR) is 91.0 cm³/mol. The monoisotopic (exact) mass is 376 g/mol. The Balaban J connectivity index is 0. The number of non-ortho nitro benzene ring substituents is 1. The molecule has 0 radical (unpaired) electrons. The first-order valence-electron chi connectivity index (χ1n) is 6.15. The van der Waals surface area contributed by atoms with Gasteiger partial charge in [-0.15, -0.1) is 0 Å². The second kappa shape index (κ2) is 13.2. The van der Waals surface area contributed by atoms with Crippen molar-refractivity contribution < 1.29 is 4.92 Å². The summed E-state index contributed by atoms with van der Waals surface area (Å²) in [6.45, 7) is 8.00. The van der Waals surface area contributed by atoms with E-state index in [0.717, 1.165) is 5.39 Å². The average Bonchev–Trinajstić information content (AvgIpc) is 2.52. The van der Waals surface area contributed by atoms with E-state index in [9.17, 15) is 10.1 Å². The van der Waals surface area contributed by atoms with Crippen molar-refractivity contribution in [2.75, 3.05) is 4.93 Å². The van der Waals surface area contributed by atoms with Crippen LogP contribution in [0.15, 0.2) is 36.5 Å². The number of rotatable bonds is 1. The van der Waals surface area contributed by atoms with Crippen LogP contribution in [-0.2, 0) is 0 Å². The van der Waals surface area contributed by atoms with Crippen LogP contribution in [0.25, 0.3) is 10.9 Å². The van der Waals surface area contributed by atoms with Crippen LogP contribution in [0, 0.1) is 10.1 Å². The quantitative estimate of drug-likeness (QED) is 0.296. The fourth-order valence-electron chi connectivity index (χ4n) is 1.24. The molecule has 5 heteroatoms. The van der Waals surface area contributed by atoms with Crippen molar-refractivity contribution >= 4 is 39.2 Å². The second-order valence-corrected chi connectivity index (χ2v) is 2.61. The van der Waals surface area contributed by atoms with Crippen LogP contribution in [0.2, 0.25) is 0 Å².